The minimum Gasteiger partial charge on any atom is -0.316 e. The average Bonchev–Trinajstić information content (AvgIpc) is 2.17. The molecule has 0 saturated heterocycles. The van der Waals surface area contributed by atoms with Crippen LogP contribution >= 0.6 is 11.8 Å². The van der Waals surface area contributed by atoms with Gasteiger partial charge in [-0.05, 0) is 31.4 Å². The highest BCUT2D eigenvalue weighted by Gasteiger charge is 2.07. The Morgan fingerprint density at radius 1 is 1.20 bits per heavy atom. The molecule has 4 nitrogen and oxygen atoms in total. The quantitative estimate of drug-likeness (QED) is 0.562. The molecular formula is C9H22N2O2S2. The van der Waals surface area contributed by atoms with Crippen LogP contribution in [0.3, 0.4) is 0 Å². The van der Waals surface area contributed by atoms with Gasteiger partial charge in [0.05, 0.1) is 5.75 Å². The first kappa shape index (κ1) is 15.2. The lowest BCUT2D eigenvalue weighted by molar-refractivity contribution is 0.575. The van der Waals surface area contributed by atoms with E-state index in [1.165, 1.54) is 0 Å². The summed E-state index contributed by atoms with van der Waals surface area (Å²) in [6, 6.07) is 0. The molecule has 92 valence electrons. The Hall–Kier alpha value is 0.220. The molecule has 0 bridgehead atoms. The third-order valence-electron chi connectivity index (χ3n) is 1.89. The molecule has 6 heteroatoms. The molecule has 0 aliphatic heterocycles. The zero-order chi connectivity index (χ0) is 11.6. The van der Waals surface area contributed by atoms with Gasteiger partial charge in [-0.15, -0.1) is 0 Å². The Labute approximate surface area is 97.6 Å². The van der Waals surface area contributed by atoms with Crippen molar-refractivity contribution in [3.05, 3.63) is 0 Å². The van der Waals surface area contributed by atoms with Gasteiger partial charge in [-0.25, -0.2) is 13.1 Å². The van der Waals surface area contributed by atoms with E-state index in [0.29, 0.717) is 13.1 Å². The fourth-order valence-corrected chi connectivity index (χ4v) is 2.56. The molecule has 0 heterocycles. The SMILES string of the molecule is CCNCCS(=O)(=O)NCCCCSC. The lowest BCUT2D eigenvalue weighted by Gasteiger charge is -2.06. The van der Waals surface area contributed by atoms with E-state index in [4.69, 9.17) is 0 Å². The third kappa shape index (κ3) is 10.5. The van der Waals surface area contributed by atoms with Gasteiger partial charge in [0.15, 0.2) is 0 Å². The Morgan fingerprint density at radius 2 is 1.93 bits per heavy atom. The molecule has 2 N–H and O–H groups in total. The van der Waals surface area contributed by atoms with Crippen LogP contribution in [0.5, 0.6) is 0 Å². The molecule has 0 radical (unpaired) electrons. The fraction of sp³-hybridized carbons (Fsp3) is 1.00. The molecule has 0 atom stereocenters. The molecule has 0 saturated carbocycles. The maximum Gasteiger partial charge on any atom is 0.212 e. The van der Waals surface area contributed by atoms with E-state index in [-0.39, 0.29) is 5.75 Å². The minimum atomic E-state index is -3.06. The molecule has 0 aromatic carbocycles. The van der Waals surface area contributed by atoms with Gasteiger partial charge in [0.2, 0.25) is 10.0 Å². The van der Waals surface area contributed by atoms with E-state index in [1.807, 2.05) is 6.92 Å². The van der Waals surface area contributed by atoms with Gasteiger partial charge in [-0.2, -0.15) is 11.8 Å². The van der Waals surface area contributed by atoms with Crippen molar-refractivity contribution in [3.63, 3.8) is 0 Å². The smallest absolute Gasteiger partial charge is 0.212 e. The van der Waals surface area contributed by atoms with E-state index < -0.39 is 10.0 Å². The Bertz CT molecular complexity index is 230. The fourth-order valence-electron chi connectivity index (χ4n) is 1.05. The summed E-state index contributed by atoms with van der Waals surface area (Å²) in [7, 11) is -3.06. The summed E-state index contributed by atoms with van der Waals surface area (Å²) in [6.07, 6.45) is 4.04. The van der Waals surface area contributed by atoms with Crippen molar-refractivity contribution in [1.29, 1.82) is 0 Å². The Morgan fingerprint density at radius 3 is 2.53 bits per heavy atom. The normalized spacial score (nSPS) is 11.9. The second kappa shape index (κ2) is 9.45. The second-order valence-corrected chi connectivity index (χ2v) is 6.18. The van der Waals surface area contributed by atoms with Gasteiger partial charge >= 0.3 is 0 Å². The Kier molecular flexibility index (Phi) is 9.58. The highest BCUT2D eigenvalue weighted by Crippen LogP contribution is 1.98. The summed E-state index contributed by atoms with van der Waals surface area (Å²) < 4.78 is 25.4. The zero-order valence-electron chi connectivity index (χ0n) is 9.58. The summed E-state index contributed by atoms with van der Waals surface area (Å²) in [6.45, 7) is 3.86. The number of thioether (sulfide) groups is 1. The third-order valence-corrected chi connectivity index (χ3v) is 3.98. The van der Waals surface area contributed by atoms with E-state index in [2.05, 4.69) is 16.3 Å². The highest BCUT2D eigenvalue weighted by molar-refractivity contribution is 7.98. The van der Waals surface area contributed by atoms with Crippen LogP contribution in [-0.2, 0) is 10.0 Å². The first-order chi connectivity index (χ1) is 7.12. The van der Waals surface area contributed by atoms with E-state index in [0.717, 1.165) is 25.1 Å². The summed E-state index contributed by atoms with van der Waals surface area (Å²) in [5.74, 6) is 1.27. The first-order valence-electron chi connectivity index (χ1n) is 5.29. The van der Waals surface area contributed by atoms with Crippen LogP contribution in [0.1, 0.15) is 19.8 Å². The highest BCUT2D eigenvalue weighted by atomic mass is 32.2. The molecule has 0 fully saturated rings. The number of sulfonamides is 1. The van der Waals surface area contributed by atoms with Crippen LogP contribution in [-0.4, -0.2) is 45.8 Å². The van der Waals surface area contributed by atoms with Crippen molar-refractivity contribution in [2.75, 3.05) is 37.4 Å². The number of nitrogens with one attached hydrogen (secondary N) is 2. The van der Waals surface area contributed by atoms with Crippen molar-refractivity contribution in [2.24, 2.45) is 0 Å². The van der Waals surface area contributed by atoms with E-state index >= 15 is 0 Å². The van der Waals surface area contributed by atoms with E-state index in [9.17, 15) is 8.42 Å². The lowest BCUT2D eigenvalue weighted by Crippen LogP contribution is -2.32. The van der Waals surface area contributed by atoms with Crippen molar-refractivity contribution < 1.29 is 8.42 Å². The molecule has 0 rings (SSSR count). The monoisotopic (exact) mass is 254 g/mol. The maximum absolute atomic E-state index is 11.4. The summed E-state index contributed by atoms with van der Waals surface area (Å²) >= 11 is 1.79. The molecule has 0 aromatic heterocycles. The predicted molar refractivity (Wildman–Crippen MR) is 67.9 cm³/mol. The van der Waals surface area contributed by atoms with Crippen molar-refractivity contribution in [2.45, 2.75) is 19.8 Å². The van der Waals surface area contributed by atoms with Gasteiger partial charge in [0.25, 0.3) is 0 Å². The van der Waals surface area contributed by atoms with Crippen LogP contribution in [0, 0.1) is 0 Å². The average molecular weight is 254 g/mol. The zero-order valence-corrected chi connectivity index (χ0v) is 11.2. The molecule has 0 unspecified atom stereocenters. The van der Waals surface area contributed by atoms with Gasteiger partial charge in [-0.3, -0.25) is 0 Å². The lowest BCUT2D eigenvalue weighted by atomic mass is 10.3. The molecular weight excluding hydrogens is 232 g/mol. The molecule has 0 aliphatic rings. The summed E-state index contributed by atoms with van der Waals surface area (Å²) in [4.78, 5) is 0. The number of rotatable bonds is 10. The van der Waals surface area contributed by atoms with Crippen LogP contribution < -0.4 is 10.0 Å². The van der Waals surface area contributed by atoms with Gasteiger partial charge in [0.1, 0.15) is 0 Å². The number of hydrogen-bond acceptors (Lipinski definition) is 4. The van der Waals surface area contributed by atoms with Crippen LogP contribution in [0.4, 0.5) is 0 Å². The molecule has 0 spiro atoms. The predicted octanol–water partition coefficient (Wildman–Crippen LogP) is 0.659. The second-order valence-electron chi connectivity index (χ2n) is 3.27. The van der Waals surface area contributed by atoms with Crippen LogP contribution in [0.25, 0.3) is 0 Å². The van der Waals surface area contributed by atoms with Crippen LogP contribution in [0.15, 0.2) is 0 Å². The van der Waals surface area contributed by atoms with Gasteiger partial charge in [0, 0.05) is 13.1 Å². The Balaban J connectivity index is 3.47. The molecule has 15 heavy (non-hydrogen) atoms. The number of unbranched alkanes of at least 4 members (excludes halogenated alkanes) is 1. The van der Waals surface area contributed by atoms with Crippen LogP contribution in [0.2, 0.25) is 0 Å². The van der Waals surface area contributed by atoms with Crippen molar-refractivity contribution >= 4 is 21.8 Å². The number of hydrogen-bond donors (Lipinski definition) is 2. The first-order valence-corrected chi connectivity index (χ1v) is 8.34. The molecule has 0 amide bonds. The summed E-state index contributed by atoms with van der Waals surface area (Å²) in [5, 5.41) is 2.99. The largest absolute Gasteiger partial charge is 0.316 e. The van der Waals surface area contributed by atoms with E-state index in [1.54, 1.807) is 11.8 Å². The molecule has 0 aliphatic carbocycles. The standard InChI is InChI=1S/C9H22N2O2S2/c1-3-10-7-9-15(12,13)11-6-4-5-8-14-2/h10-11H,3-9H2,1-2H3. The minimum absolute atomic E-state index is 0.170. The summed E-state index contributed by atoms with van der Waals surface area (Å²) in [5.41, 5.74) is 0. The van der Waals surface area contributed by atoms with Gasteiger partial charge < -0.3 is 5.32 Å². The van der Waals surface area contributed by atoms with Crippen molar-refractivity contribution in [1.82, 2.24) is 10.0 Å². The maximum atomic E-state index is 11.4. The topological polar surface area (TPSA) is 58.2 Å². The van der Waals surface area contributed by atoms with Gasteiger partial charge in [-0.1, -0.05) is 6.92 Å². The molecule has 0 aromatic rings. The van der Waals surface area contributed by atoms with Crippen molar-refractivity contribution in [3.8, 4) is 0 Å².